The SMILES string of the molecule is CCN(C(=O)NC(C)(C)c1cccc(Cl)c1)c1ccccc1. The summed E-state index contributed by atoms with van der Waals surface area (Å²) in [6, 6.07) is 17.1. The summed E-state index contributed by atoms with van der Waals surface area (Å²) in [6.07, 6.45) is 0. The zero-order valence-electron chi connectivity index (χ0n) is 13.1. The highest BCUT2D eigenvalue weighted by molar-refractivity contribution is 6.30. The summed E-state index contributed by atoms with van der Waals surface area (Å²) < 4.78 is 0. The molecule has 22 heavy (non-hydrogen) atoms. The van der Waals surface area contributed by atoms with Crippen LogP contribution in [-0.4, -0.2) is 12.6 Å². The minimum absolute atomic E-state index is 0.126. The number of nitrogens with one attached hydrogen (secondary N) is 1. The summed E-state index contributed by atoms with van der Waals surface area (Å²) in [5, 5.41) is 3.74. The minimum Gasteiger partial charge on any atom is -0.329 e. The second kappa shape index (κ2) is 6.84. The van der Waals surface area contributed by atoms with Gasteiger partial charge < -0.3 is 5.32 Å². The van der Waals surface area contributed by atoms with Crippen molar-refractivity contribution >= 4 is 23.3 Å². The van der Waals surface area contributed by atoms with Gasteiger partial charge in [0.15, 0.2) is 0 Å². The van der Waals surface area contributed by atoms with Crippen LogP contribution in [0.5, 0.6) is 0 Å². The molecule has 0 spiro atoms. The average Bonchev–Trinajstić information content (AvgIpc) is 2.48. The van der Waals surface area contributed by atoms with Gasteiger partial charge in [-0.3, -0.25) is 4.90 Å². The molecule has 0 heterocycles. The van der Waals surface area contributed by atoms with E-state index in [-0.39, 0.29) is 6.03 Å². The fraction of sp³-hybridized carbons (Fsp3) is 0.278. The fourth-order valence-electron chi connectivity index (χ4n) is 2.34. The van der Waals surface area contributed by atoms with Crippen LogP contribution >= 0.6 is 11.6 Å². The Bertz CT molecular complexity index is 641. The van der Waals surface area contributed by atoms with E-state index in [0.717, 1.165) is 11.3 Å². The number of rotatable bonds is 4. The minimum atomic E-state index is -0.510. The number of hydrogen-bond donors (Lipinski definition) is 1. The smallest absolute Gasteiger partial charge is 0.322 e. The van der Waals surface area contributed by atoms with Crippen molar-refractivity contribution in [1.29, 1.82) is 0 Å². The number of para-hydroxylation sites is 1. The van der Waals surface area contributed by atoms with Crippen molar-refractivity contribution in [3.63, 3.8) is 0 Å². The largest absolute Gasteiger partial charge is 0.329 e. The maximum Gasteiger partial charge on any atom is 0.322 e. The molecule has 0 radical (unpaired) electrons. The van der Waals surface area contributed by atoms with Crippen molar-refractivity contribution in [1.82, 2.24) is 5.32 Å². The Morgan fingerprint density at radius 3 is 2.41 bits per heavy atom. The molecular weight excluding hydrogens is 296 g/mol. The Hall–Kier alpha value is -2.00. The highest BCUT2D eigenvalue weighted by Gasteiger charge is 2.25. The van der Waals surface area contributed by atoms with E-state index in [9.17, 15) is 4.79 Å². The molecule has 0 aliphatic carbocycles. The lowest BCUT2D eigenvalue weighted by molar-refractivity contribution is 0.236. The predicted molar refractivity (Wildman–Crippen MR) is 92.5 cm³/mol. The maximum absolute atomic E-state index is 12.6. The monoisotopic (exact) mass is 316 g/mol. The summed E-state index contributed by atoms with van der Waals surface area (Å²) in [5.41, 5.74) is 1.34. The number of hydrogen-bond acceptors (Lipinski definition) is 1. The van der Waals surface area contributed by atoms with Gasteiger partial charge in [0.05, 0.1) is 5.54 Å². The Morgan fingerprint density at radius 1 is 1.14 bits per heavy atom. The molecule has 2 aromatic carbocycles. The molecule has 0 atom stereocenters. The fourth-order valence-corrected chi connectivity index (χ4v) is 2.53. The Balaban J connectivity index is 2.19. The third-order valence-electron chi connectivity index (χ3n) is 3.59. The average molecular weight is 317 g/mol. The standard InChI is InChI=1S/C18H21ClN2O/c1-4-21(16-11-6-5-7-12-16)17(22)20-18(2,3)14-9-8-10-15(19)13-14/h5-13H,4H2,1-3H3,(H,20,22). The van der Waals surface area contributed by atoms with Crippen LogP contribution in [-0.2, 0) is 5.54 Å². The summed E-state index contributed by atoms with van der Waals surface area (Å²) in [7, 11) is 0. The van der Waals surface area contributed by atoms with Crippen molar-refractivity contribution in [2.45, 2.75) is 26.3 Å². The molecule has 0 fully saturated rings. The molecule has 1 N–H and O–H groups in total. The summed E-state index contributed by atoms with van der Waals surface area (Å²) in [6.45, 7) is 6.49. The molecule has 0 aromatic heterocycles. The molecule has 0 bridgehead atoms. The normalized spacial score (nSPS) is 11.1. The second-order valence-electron chi connectivity index (χ2n) is 5.65. The van der Waals surface area contributed by atoms with Crippen LogP contribution in [0.15, 0.2) is 54.6 Å². The van der Waals surface area contributed by atoms with Crippen molar-refractivity contribution in [3.05, 3.63) is 65.2 Å². The molecule has 0 aliphatic heterocycles. The first kappa shape index (κ1) is 16.4. The van der Waals surface area contributed by atoms with Crippen molar-refractivity contribution in [2.24, 2.45) is 0 Å². The lowest BCUT2D eigenvalue weighted by Gasteiger charge is -2.31. The maximum atomic E-state index is 12.6. The number of carbonyl (C=O) groups excluding carboxylic acids is 1. The summed E-state index contributed by atoms with van der Waals surface area (Å²) >= 11 is 6.05. The van der Waals surface area contributed by atoms with E-state index in [1.807, 2.05) is 75.4 Å². The third kappa shape index (κ3) is 3.80. The molecule has 0 aliphatic rings. The van der Waals surface area contributed by atoms with Crippen molar-refractivity contribution in [2.75, 3.05) is 11.4 Å². The highest BCUT2D eigenvalue weighted by atomic mass is 35.5. The first-order valence-corrected chi connectivity index (χ1v) is 7.72. The van der Waals surface area contributed by atoms with Gasteiger partial charge in [0, 0.05) is 17.3 Å². The molecular formula is C18H21ClN2O. The quantitative estimate of drug-likeness (QED) is 0.862. The van der Waals surface area contributed by atoms with Crippen LogP contribution in [0.4, 0.5) is 10.5 Å². The van der Waals surface area contributed by atoms with Gasteiger partial charge in [-0.15, -0.1) is 0 Å². The number of benzene rings is 2. The molecule has 3 nitrogen and oxygen atoms in total. The van der Waals surface area contributed by atoms with Crippen LogP contribution in [0.2, 0.25) is 5.02 Å². The number of urea groups is 1. The Labute approximate surface area is 136 Å². The lowest BCUT2D eigenvalue weighted by atomic mass is 9.94. The van der Waals surface area contributed by atoms with E-state index >= 15 is 0 Å². The number of halogens is 1. The Morgan fingerprint density at radius 2 is 1.82 bits per heavy atom. The van der Waals surface area contributed by atoms with Gasteiger partial charge in [0.1, 0.15) is 0 Å². The van der Waals surface area contributed by atoms with Crippen LogP contribution in [0.3, 0.4) is 0 Å². The molecule has 116 valence electrons. The molecule has 4 heteroatoms. The molecule has 2 rings (SSSR count). The van der Waals surface area contributed by atoms with E-state index in [2.05, 4.69) is 5.32 Å². The third-order valence-corrected chi connectivity index (χ3v) is 3.83. The number of anilines is 1. The van der Waals surface area contributed by atoms with Crippen molar-refractivity contribution in [3.8, 4) is 0 Å². The van der Waals surface area contributed by atoms with Gasteiger partial charge >= 0.3 is 6.03 Å². The van der Waals surface area contributed by atoms with Gasteiger partial charge in [0.25, 0.3) is 0 Å². The first-order chi connectivity index (χ1) is 10.4. The van der Waals surface area contributed by atoms with Gasteiger partial charge in [0.2, 0.25) is 0 Å². The molecule has 0 unspecified atom stereocenters. The first-order valence-electron chi connectivity index (χ1n) is 7.35. The molecule has 2 amide bonds. The number of carbonyl (C=O) groups is 1. The number of amides is 2. The molecule has 0 saturated heterocycles. The van der Waals surface area contributed by atoms with E-state index in [0.29, 0.717) is 11.6 Å². The van der Waals surface area contributed by atoms with Crippen LogP contribution in [0.1, 0.15) is 26.3 Å². The number of nitrogens with zero attached hydrogens (tertiary/aromatic N) is 1. The van der Waals surface area contributed by atoms with Crippen molar-refractivity contribution < 1.29 is 4.79 Å². The Kier molecular flexibility index (Phi) is 5.09. The highest BCUT2D eigenvalue weighted by Crippen LogP contribution is 2.24. The van der Waals surface area contributed by atoms with Gasteiger partial charge in [-0.25, -0.2) is 4.79 Å². The van der Waals surface area contributed by atoms with Gasteiger partial charge in [-0.05, 0) is 50.6 Å². The zero-order valence-corrected chi connectivity index (χ0v) is 13.9. The van der Waals surface area contributed by atoms with Crippen LogP contribution in [0.25, 0.3) is 0 Å². The topological polar surface area (TPSA) is 32.3 Å². The predicted octanol–water partition coefficient (Wildman–Crippen LogP) is 4.81. The van der Waals surface area contributed by atoms with Crippen LogP contribution in [0, 0.1) is 0 Å². The van der Waals surface area contributed by atoms with E-state index < -0.39 is 5.54 Å². The van der Waals surface area contributed by atoms with Crippen LogP contribution < -0.4 is 10.2 Å². The second-order valence-corrected chi connectivity index (χ2v) is 6.08. The lowest BCUT2D eigenvalue weighted by Crippen LogP contribution is -2.48. The van der Waals surface area contributed by atoms with E-state index in [4.69, 9.17) is 11.6 Å². The zero-order chi connectivity index (χ0) is 16.2. The molecule has 2 aromatic rings. The summed E-state index contributed by atoms with van der Waals surface area (Å²) in [5.74, 6) is 0. The van der Waals surface area contributed by atoms with Gasteiger partial charge in [-0.2, -0.15) is 0 Å². The molecule has 0 saturated carbocycles. The van der Waals surface area contributed by atoms with Gasteiger partial charge in [-0.1, -0.05) is 41.9 Å². The van der Waals surface area contributed by atoms with E-state index in [1.54, 1.807) is 4.90 Å². The summed E-state index contributed by atoms with van der Waals surface area (Å²) in [4.78, 5) is 14.3. The van der Waals surface area contributed by atoms with E-state index in [1.165, 1.54) is 0 Å².